The average Bonchev–Trinajstić information content (AvgIpc) is 2.69. The van der Waals surface area contributed by atoms with Gasteiger partial charge in [-0.25, -0.2) is 4.98 Å². The van der Waals surface area contributed by atoms with Crippen molar-refractivity contribution < 1.29 is 4.92 Å². The Morgan fingerprint density at radius 3 is 2.94 bits per heavy atom. The molecule has 0 radical (unpaired) electrons. The Morgan fingerprint density at radius 1 is 1.50 bits per heavy atom. The molecule has 0 bridgehead atoms. The second kappa shape index (κ2) is 5.75. The maximum Gasteiger partial charge on any atom is 0.260 e. The molecule has 2 rings (SSSR count). The Balaban J connectivity index is 2.09. The van der Waals surface area contributed by atoms with E-state index in [-0.39, 0.29) is 11.5 Å². The van der Waals surface area contributed by atoms with Gasteiger partial charge in [-0.05, 0) is 22.0 Å². The summed E-state index contributed by atoms with van der Waals surface area (Å²) in [7, 11) is 0. The zero-order chi connectivity index (χ0) is 13.1. The highest BCUT2D eigenvalue weighted by molar-refractivity contribution is 9.11. The quantitative estimate of drug-likeness (QED) is 0.457. The lowest BCUT2D eigenvalue weighted by molar-refractivity contribution is -0.464. The molecule has 1 aromatic heterocycles. The van der Waals surface area contributed by atoms with E-state index in [4.69, 9.17) is 0 Å². The molecule has 8 heteroatoms. The van der Waals surface area contributed by atoms with E-state index in [0.29, 0.717) is 25.5 Å². The summed E-state index contributed by atoms with van der Waals surface area (Å²) in [6.45, 7) is 1.69. The zero-order valence-corrected chi connectivity index (χ0v) is 12.5. The molecule has 18 heavy (non-hydrogen) atoms. The lowest BCUT2D eigenvalue weighted by Gasteiger charge is -2.18. The van der Waals surface area contributed by atoms with Gasteiger partial charge in [0.25, 0.3) is 6.54 Å². The minimum Gasteiger partial charge on any atom is -0.349 e. The highest BCUT2D eigenvalue weighted by Crippen LogP contribution is 2.21. The number of nitro groups is 1. The van der Waals surface area contributed by atoms with Gasteiger partial charge in [0, 0.05) is 34.2 Å². The van der Waals surface area contributed by atoms with E-state index < -0.39 is 0 Å². The van der Waals surface area contributed by atoms with E-state index in [0.717, 1.165) is 14.6 Å². The molecule has 1 aliphatic rings. The molecule has 0 spiro atoms. The first-order valence-corrected chi connectivity index (χ1v) is 6.85. The van der Waals surface area contributed by atoms with Crippen molar-refractivity contribution >= 4 is 37.7 Å². The van der Waals surface area contributed by atoms with Gasteiger partial charge in [0.15, 0.2) is 5.84 Å². The first kappa shape index (κ1) is 13.4. The van der Waals surface area contributed by atoms with Crippen LogP contribution in [0.4, 0.5) is 0 Å². The van der Waals surface area contributed by atoms with Crippen molar-refractivity contribution in [2.45, 2.75) is 6.54 Å². The van der Waals surface area contributed by atoms with Crippen LogP contribution in [0, 0.1) is 10.1 Å². The largest absolute Gasteiger partial charge is 0.349 e. The molecular weight excluding hydrogens is 368 g/mol. The van der Waals surface area contributed by atoms with E-state index in [9.17, 15) is 10.1 Å². The van der Waals surface area contributed by atoms with Crippen LogP contribution in [0.3, 0.4) is 0 Å². The van der Waals surface area contributed by atoms with Crippen LogP contribution in [-0.4, -0.2) is 40.3 Å². The Kier molecular flexibility index (Phi) is 4.28. The predicted molar refractivity (Wildman–Crippen MR) is 74.2 cm³/mol. The fourth-order valence-electron chi connectivity index (χ4n) is 1.72. The lowest BCUT2D eigenvalue weighted by atomic mass is 10.2. The van der Waals surface area contributed by atoms with Gasteiger partial charge in [0.2, 0.25) is 0 Å². The summed E-state index contributed by atoms with van der Waals surface area (Å²) in [5.41, 5.74) is 0.983. The number of pyridine rings is 1. The molecule has 0 atom stereocenters. The van der Waals surface area contributed by atoms with Crippen LogP contribution >= 0.6 is 31.9 Å². The molecule has 6 nitrogen and oxygen atoms in total. The third kappa shape index (κ3) is 3.26. The van der Waals surface area contributed by atoms with Gasteiger partial charge in [-0.15, -0.1) is 0 Å². The van der Waals surface area contributed by atoms with Crippen molar-refractivity contribution in [3.8, 4) is 0 Å². The Labute approximate surface area is 121 Å². The van der Waals surface area contributed by atoms with Crippen LogP contribution in [0.25, 0.3) is 0 Å². The predicted octanol–water partition coefficient (Wildman–Crippen LogP) is 2.10. The lowest BCUT2D eigenvalue weighted by Crippen LogP contribution is -2.32. The fourth-order valence-corrected chi connectivity index (χ4v) is 2.81. The Morgan fingerprint density at radius 2 is 2.28 bits per heavy atom. The number of hydrogen-bond donors (Lipinski definition) is 0. The number of amidine groups is 1. The fraction of sp³-hybridized carbons (Fsp3) is 0.400. The standard InChI is InChI=1S/C10H10Br2N4O2/c11-8-3-9(12)14-4-7(8)5-15-2-1-13-10(15)6-16(17)18/h3-4H,1-2,5-6H2. The molecule has 1 aliphatic heterocycles. The van der Waals surface area contributed by atoms with E-state index in [1.807, 2.05) is 11.0 Å². The van der Waals surface area contributed by atoms with Gasteiger partial charge < -0.3 is 4.90 Å². The topological polar surface area (TPSA) is 71.6 Å². The first-order chi connectivity index (χ1) is 8.56. The molecular formula is C10H10Br2N4O2. The molecule has 0 aliphatic carbocycles. The Bertz CT molecular complexity index is 507. The molecule has 0 N–H and O–H groups in total. The van der Waals surface area contributed by atoms with Gasteiger partial charge in [-0.3, -0.25) is 15.1 Å². The highest BCUT2D eigenvalue weighted by Gasteiger charge is 2.22. The Hall–Kier alpha value is -1.02. The van der Waals surface area contributed by atoms with Crippen LogP contribution in [-0.2, 0) is 6.54 Å². The van der Waals surface area contributed by atoms with Crippen LogP contribution in [0.1, 0.15) is 5.56 Å². The van der Waals surface area contributed by atoms with E-state index in [1.165, 1.54) is 0 Å². The van der Waals surface area contributed by atoms with E-state index >= 15 is 0 Å². The van der Waals surface area contributed by atoms with Crippen LogP contribution in [0.15, 0.2) is 26.3 Å². The second-order valence-electron chi connectivity index (χ2n) is 3.81. The van der Waals surface area contributed by atoms with E-state index in [2.05, 4.69) is 41.8 Å². The van der Waals surface area contributed by atoms with Crippen LogP contribution < -0.4 is 0 Å². The number of halogens is 2. The van der Waals surface area contributed by atoms with E-state index in [1.54, 1.807) is 6.20 Å². The number of aromatic nitrogens is 1. The van der Waals surface area contributed by atoms with Crippen molar-refractivity contribution in [1.82, 2.24) is 9.88 Å². The minimum absolute atomic E-state index is 0.221. The average molecular weight is 378 g/mol. The monoisotopic (exact) mass is 376 g/mol. The number of nitrogens with zero attached hydrogens (tertiary/aromatic N) is 4. The molecule has 2 heterocycles. The summed E-state index contributed by atoms with van der Waals surface area (Å²) < 4.78 is 1.68. The van der Waals surface area contributed by atoms with Crippen LogP contribution in [0.2, 0.25) is 0 Å². The molecule has 0 fully saturated rings. The van der Waals surface area contributed by atoms with Crippen molar-refractivity contribution in [3.63, 3.8) is 0 Å². The van der Waals surface area contributed by atoms with Crippen molar-refractivity contribution in [2.24, 2.45) is 4.99 Å². The van der Waals surface area contributed by atoms with Gasteiger partial charge in [-0.1, -0.05) is 15.9 Å². The number of hydrogen-bond acceptors (Lipinski definition) is 5. The molecule has 0 saturated heterocycles. The highest BCUT2D eigenvalue weighted by atomic mass is 79.9. The van der Waals surface area contributed by atoms with Gasteiger partial charge >= 0.3 is 0 Å². The number of aliphatic imine (C=N–C) groups is 1. The summed E-state index contributed by atoms with van der Waals surface area (Å²) in [4.78, 5) is 20.4. The smallest absolute Gasteiger partial charge is 0.260 e. The van der Waals surface area contributed by atoms with Gasteiger partial charge in [0.05, 0.1) is 6.54 Å². The maximum absolute atomic E-state index is 10.5. The van der Waals surface area contributed by atoms with Gasteiger partial charge in [-0.2, -0.15) is 0 Å². The first-order valence-electron chi connectivity index (χ1n) is 5.26. The molecule has 0 saturated carbocycles. The summed E-state index contributed by atoms with van der Waals surface area (Å²) in [5.74, 6) is 0.537. The summed E-state index contributed by atoms with van der Waals surface area (Å²) in [6.07, 6.45) is 1.75. The third-order valence-corrected chi connectivity index (χ3v) is 3.73. The third-order valence-electron chi connectivity index (χ3n) is 2.56. The van der Waals surface area contributed by atoms with Crippen molar-refractivity contribution in [3.05, 3.63) is 37.0 Å². The van der Waals surface area contributed by atoms with Crippen LogP contribution in [0.5, 0.6) is 0 Å². The molecule has 0 amide bonds. The van der Waals surface area contributed by atoms with Crippen molar-refractivity contribution in [2.75, 3.05) is 19.6 Å². The second-order valence-corrected chi connectivity index (χ2v) is 5.48. The minimum atomic E-state index is -0.355. The zero-order valence-electron chi connectivity index (χ0n) is 9.34. The molecule has 96 valence electrons. The normalized spacial score (nSPS) is 14.8. The maximum atomic E-state index is 10.5. The summed E-state index contributed by atoms with van der Waals surface area (Å²) in [6, 6.07) is 1.86. The molecule has 1 aromatic rings. The van der Waals surface area contributed by atoms with Crippen molar-refractivity contribution in [1.29, 1.82) is 0 Å². The molecule has 0 unspecified atom stereocenters. The molecule has 0 aromatic carbocycles. The summed E-state index contributed by atoms with van der Waals surface area (Å²) in [5, 5.41) is 10.5. The van der Waals surface area contributed by atoms with Gasteiger partial charge in [0.1, 0.15) is 4.60 Å². The number of rotatable bonds is 4. The SMILES string of the molecule is O=[N+]([O-])CC1=NCCN1Cc1cnc(Br)cc1Br. The summed E-state index contributed by atoms with van der Waals surface area (Å²) >= 11 is 6.74.